The predicted octanol–water partition coefficient (Wildman–Crippen LogP) is 3.71. The minimum absolute atomic E-state index is 0.192. The third kappa shape index (κ3) is 4.56. The van der Waals surface area contributed by atoms with Crippen LogP contribution in [0.2, 0.25) is 0 Å². The number of carbonyl (C=O) groups is 2. The first-order valence-electron chi connectivity index (χ1n) is 8.29. The zero-order valence-corrected chi connectivity index (χ0v) is 13.7. The number of piperidine rings is 1. The second-order valence-corrected chi connectivity index (χ2v) is 6.08. The molecule has 1 saturated heterocycles. The van der Waals surface area contributed by atoms with E-state index in [9.17, 15) is 14.0 Å². The fraction of sp³-hybridized carbons (Fsp3) is 0.263. The Morgan fingerprint density at radius 1 is 1.00 bits per heavy atom. The molecule has 25 heavy (non-hydrogen) atoms. The van der Waals surface area contributed by atoms with Gasteiger partial charge >= 0.3 is 6.03 Å². The van der Waals surface area contributed by atoms with E-state index in [0.29, 0.717) is 25.2 Å². The Morgan fingerprint density at radius 3 is 2.52 bits per heavy atom. The average Bonchev–Trinajstić information content (AvgIpc) is 2.62. The summed E-state index contributed by atoms with van der Waals surface area (Å²) in [6, 6.07) is 14.8. The Kier molecular flexibility index (Phi) is 5.28. The van der Waals surface area contributed by atoms with Crippen LogP contribution < -0.4 is 10.6 Å². The van der Waals surface area contributed by atoms with Crippen LogP contribution in [0.5, 0.6) is 0 Å². The van der Waals surface area contributed by atoms with E-state index >= 15 is 0 Å². The summed E-state index contributed by atoms with van der Waals surface area (Å²) in [6.07, 6.45) is 1.46. The van der Waals surface area contributed by atoms with Crippen molar-refractivity contribution >= 4 is 23.3 Å². The monoisotopic (exact) mass is 341 g/mol. The summed E-state index contributed by atoms with van der Waals surface area (Å²) in [5.74, 6) is -0.897. The summed E-state index contributed by atoms with van der Waals surface area (Å²) in [6.45, 7) is 0.961. The lowest BCUT2D eigenvalue weighted by molar-refractivity contribution is -0.121. The maximum atomic E-state index is 13.2. The van der Waals surface area contributed by atoms with Gasteiger partial charge in [-0.2, -0.15) is 0 Å². The average molecular weight is 341 g/mol. The zero-order chi connectivity index (χ0) is 17.6. The minimum atomic E-state index is -0.398. The van der Waals surface area contributed by atoms with E-state index in [4.69, 9.17) is 0 Å². The number of hydrogen-bond acceptors (Lipinski definition) is 2. The largest absolute Gasteiger partial charge is 0.326 e. The van der Waals surface area contributed by atoms with E-state index in [2.05, 4.69) is 10.6 Å². The number of likely N-dealkylation sites (tertiary alicyclic amines) is 1. The molecule has 0 saturated carbocycles. The first kappa shape index (κ1) is 17.0. The first-order valence-corrected chi connectivity index (χ1v) is 8.29. The van der Waals surface area contributed by atoms with Gasteiger partial charge in [-0.1, -0.05) is 24.3 Å². The number of amides is 3. The number of para-hydroxylation sites is 1. The fourth-order valence-electron chi connectivity index (χ4n) is 2.91. The van der Waals surface area contributed by atoms with Crippen molar-refractivity contribution in [3.63, 3.8) is 0 Å². The molecule has 0 bridgehead atoms. The van der Waals surface area contributed by atoms with Crippen LogP contribution in [0, 0.1) is 11.7 Å². The number of anilines is 2. The molecule has 2 aromatic rings. The van der Waals surface area contributed by atoms with Crippen molar-refractivity contribution in [3.05, 3.63) is 60.4 Å². The number of rotatable bonds is 3. The number of nitrogens with zero attached hydrogens (tertiary/aromatic N) is 1. The Labute approximate surface area is 145 Å². The topological polar surface area (TPSA) is 61.4 Å². The molecule has 3 rings (SSSR count). The molecule has 2 N–H and O–H groups in total. The van der Waals surface area contributed by atoms with E-state index in [1.807, 2.05) is 30.3 Å². The van der Waals surface area contributed by atoms with Gasteiger partial charge in [0.1, 0.15) is 5.82 Å². The lowest BCUT2D eigenvalue weighted by Crippen LogP contribution is -2.45. The van der Waals surface area contributed by atoms with Crippen LogP contribution in [0.15, 0.2) is 54.6 Å². The van der Waals surface area contributed by atoms with E-state index < -0.39 is 5.82 Å². The molecule has 1 atom stereocenters. The highest BCUT2D eigenvalue weighted by atomic mass is 19.1. The lowest BCUT2D eigenvalue weighted by atomic mass is 9.97. The van der Waals surface area contributed by atoms with Crippen LogP contribution in [0.1, 0.15) is 12.8 Å². The minimum Gasteiger partial charge on any atom is -0.326 e. The van der Waals surface area contributed by atoms with Crippen molar-refractivity contribution in [2.45, 2.75) is 12.8 Å². The molecular formula is C19H20FN3O2. The lowest BCUT2D eigenvalue weighted by Gasteiger charge is -2.32. The summed E-state index contributed by atoms with van der Waals surface area (Å²) in [5, 5.41) is 5.56. The maximum absolute atomic E-state index is 13.2. The SMILES string of the molecule is O=C(Nc1cccc(F)c1)C1CCCN(C(=O)Nc2ccccc2)C1. The molecule has 6 heteroatoms. The number of carbonyl (C=O) groups excluding carboxylic acids is 2. The quantitative estimate of drug-likeness (QED) is 0.894. The summed E-state index contributed by atoms with van der Waals surface area (Å²) in [5.41, 5.74) is 1.15. The van der Waals surface area contributed by atoms with Crippen molar-refractivity contribution < 1.29 is 14.0 Å². The van der Waals surface area contributed by atoms with Crippen molar-refractivity contribution in [2.75, 3.05) is 23.7 Å². The molecular weight excluding hydrogens is 321 g/mol. The van der Waals surface area contributed by atoms with Gasteiger partial charge < -0.3 is 15.5 Å². The number of hydrogen-bond donors (Lipinski definition) is 2. The number of halogens is 1. The van der Waals surface area contributed by atoms with Gasteiger partial charge in [0.2, 0.25) is 5.91 Å². The summed E-state index contributed by atoms with van der Waals surface area (Å²) in [4.78, 5) is 26.4. The van der Waals surface area contributed by atoms with Crippen molar-refractivity contribution in [2.24, 2.45) is 5.92 Å². The Bertz CT molecular complexity index is 751. The number of nitrogens with one attached hydrogen (secondary N) is 2. The van der Waals surface area contributed by atoms with E-state index in [-0.39, 0.29) is 17.9 Å². The highest BCUT2D eigenvalue weighted by Gasteiger charge is 2.28. The van der Waals surface area contributed by atoms with Gasteiger partial charge in [0, 0.05) is 24.5 Å². The Morgan fingerprint density at radius 2 is 1.76 bits per heavy atom. The normalized spacial score (nSPS) is 17.0. The Balaban J connectivity index is 1.58. The molecule has 1 fully saturated rings. The molecule has 0 aliphatic carbocycles. The van der Waals surface area contributed by atoms with Gasteiger partial charge in [0.15, 0.2) is 0 Å². The second-order valence-electron chi connectivity index (χ2n) is 6.08. The van der Waals surface area contributed by atoms with Crippen molar-refractivity contribution in [3.8, 4) is 0 Å². The van der Waals surface area contributed by atoms with Crippen LogP contribution in [0.25, 0.3) is 0 Å². The molecule has 5 nitrogen and oxygen atoms in total. The van der Waals surface area contributed by atoms with E-state index in [1.165, 1.54) is 12.1 Å². The molecule has 1 aliphatic rings. The van der Waals surface area contributed by atoms with Gasteiger partial charge in [-0.15, -0.1) is 0 Å². The van der Waals surface area contributed by atoms with Gasteiger partial charge in [0.25, 0.3) is 0 Å². The fourth-order valence-corrected chi connectivity index (χ4v) is 2.91. The molecule has 130 valence electrons. The van der Waals surface area contributed by atoms with E-state index in [1.54, 1.807) is 17.0 Å². The maximum Gasteiger partial charge on any atom is 0.321 e. The molecule has 3 amide bonds. The summed E-state index contributed by atoms with van der Waals surface area (Å²) < 4.78 is 13.2. The van der Waals surface area contributed by atoms with Gasteiger partial charge in [-0.25, -0.2) is 9.18 Å². The number of urea groups is 1. The highest BCUT2D eigenvalue weighted by molar-refractivity contribution is 5.94. The highest BCUT2D eigenvalue weighted by Crippen LogP contribution is 2.20. The van der Waals surface area contributed by atoms with Crippen LogP contribution in [-0.4, -0.2) is 29.9 Å². The summed E-state index contributed by atoms with van der Waals surface area (Å²) >= 11 is 0. The predicted molar refractivity (Wildman–Crippen MR) is 94.8 cm³/mol. The second kappa shape index (κ2) is 7.79. The zero-order valence-electron chi connectivity index (χ0n) is 13.7. The van der Waals surface area contributed by atoms with Crippen molar-refractivity contribution in [1.82, 2.24) is 4.90 Å². The third-order valence-electron chi connectivity index (χ3n) is 4.20. The smallest absolute Gasteiger partial charge is 0.321 e. The molecule has 1 aliphatic heterocycles. The molecule has 1 heterocycles. The molecule has 2 aromatic carbocycles. The Hall–Kier alpha value is -2.89. The first-order chi connectivity index (χ1) is 12.1. The van der Waals surface area contributed by atoms with Crippen LogP contribution in [-0.2, 0) is 4.79 Å². The van der Waals surface area contributed by atoms with Gasteiger partial charge in [0.05, 0.1) is 5.92 Å². The molecule has 0 radical (unpaired) electrons. The molecule has 0 spiro atoms. The summed E-state index contributed by atoms with van der Waals surface area (Å²) in [7, 11) is 0. The van der Waals surface area contributed by atoms with Crippen LogP contribution in [0.3, 0.4) is 0 Å². The van der Waals surface area contributed by atoms with Gasteiger partial charge in [-0.05, 0) is 43.2 Å². The molecule has 0 aromatic heterocycles. The third-order valence-corrected chi connectivity index (χ3v) is 4.20. The molecule has 1 unspecified atom stereocenters. The van der Waals surface area contributed by atoms with Crippen LogP contribution >= 0.6 is 0 Å². The standard InChI is InChI=1S/C19H20FN3O2/c20-15-7-4-10-17(12-15)21-18(24)14-6-5-11-23(13-14)19(25)22-16-8-2-1-3-9-16/h1-4,7-10,12,14H,5-6,11,13H2,(H,21,24)(H,22,25). The number of benzene rings is 2. The van der Waals surface area contributed by atoms with E-state index in [0.717, 1.165) is 12.1 Å². The van der Waals surface area contributed by atoms with Gasteiger partial charge in [-0.3, -0.25) is 4.79 Å². The van der Waals surface area contributed by atoms with Crippen LogP contribution in [0.4, 0.5) is 20.6 Å². The van der Waals surface area contributed by atoms with Crippen molar-refractivity contribution in [1.29, 1.82) is 0 Å².